The SMILES string of the molecule is CCc1cc(C)cc(OCC(=O)NC23CCC(NC(=O)COc4ccc(Cl)c(F)c4)(CC2)C[C@H]3O)c1. The van der Waals surface area contributed by atoms with Gasteiger partial charge in [-0.05, 0) is 80.8 Å². The quantitative estimate of drug-likeness (QED) is 0.468. The number of hydrogen-bond acceptors (Lipinski definition) is 5. The highest BCUT2D eigenvalue weighted by Crippen LogP contribution is 2.47. The lowest BCUT2D eigenvalue weighted by atomic mass is 9.60. The topological polar surface area (TPSA) is 96.9 Å². The molecule has 3 saturated carbocycles. The van der Waals surface area contributed by atoms with Crippen LogP contribution in [0, 0.1) is 12.7 Å². The summed E-state index contributed by atoms with van der Waals surface area (Å²) >= 11 is 5.67. The minimum absolute atomic E-state index is 0.0213. The zero-order valence-electron chi connectivity index (χ0n) is 20.5. The second kappa shape index (κ2) is 10.6. The van der Waals surface area contributed by atoms with Gasteiger partial charge in [0.05, 0.1) is 16.7 Å². The number of nitrogens with one attached hydrogen (secondary N) is 2. The number of carbonyl (C=O) groups excluding carboxylic acids is 2. The van der Waals surface area contributed by atoms with Crippen molar-refractivity contribution in [1.82, 2.24) is 10.6 Å². The molecule has 3 fully saturated rings. The Morgan fingerprint density at radius 1 is 1.03 bits per heavy atom. The van der Waals surface area contributed by atoms with Crippen LogP contribution in [-0.4, -0.2) is 47.3 Å². The van der Waals surface area contributed by atoms with Crippen LogP contribution >= 0.6 is 11.6 Å². The molecule has 7 nitrogen and oxygen atoms in total. The average Bonchev–Trinajstić information content (AvgIpc) is 2.84. The minimum Gasteiger partial charge on any atom is -0.484 e. The second-order valence-corrected chi connectivity index (χ2v) is 10.3. The van der Waals surface area contributed by atoms with Crippen molar-refractivity contribution in [3.8, 4) is 11.5 Å². The summed E-state index contributed by atoms with van der Waals surface area (Å²) in [6.45, 7) is 3.64. The lowest BCUT2D eigenvalue weighted by Crippen LogP contribution is -2.70. The number of carbonyl (C=O) groups is 2. The summed E-state index contributed by atoms with van der Waals surface area (Å²) in [7, 11) is 0. The predicted octanol–water partition coefficient (Wildman–Crippen LogP) is 3.86. The summed E-state index contributed by atoms with van der Waals surface area (Å²) < 4.78 is 24.7. The van der Waals surface area contributed by atoms with E-state index in [-0.39, 0.29) is 35.8 Å². The number of aliphatic hydroxyl groups is 1. The second-order valence-electron chi connectivity index (χ2n) is 9.91. The van der Waals surface area contributed by atoms with Gasteiger partial charge in [-0.1, -0.05) is 24.6 Å². The summed E-state index contributed by atoms with van der Waals surface area (Å²) in [5, 5.41) is 16.9. The van der Waals surface area contributed by atoms with E-state index in [1.807, 2.05) is 19.1 Å². The number of aliphatic hydroxyl groups excluding tert-OH is 1. The number of amides is 2. The molecule has 36 heavy (non-hydrogen) atoms. The van der Waals surface area contributed by atoms with E-state index in [2.05, 4.69) is 23.6 Å². The third-order valence-electron chi connectivity index (χ3n) is 7.26. The highest BCUT2D eigenvalue weighted by Gasteiger charge is 2.55. The molecule has 0 heterocycles. The third kappa shape index (κ3) is 5.93. The van der Waals surface area contributed by atoms with Crippen molar-refractivity contribution in [3.63, 3.8) is 0 Å². The third-order valence-corrected chi connectivity index (χ3v) is 7.57. The van der Waals surface area contributed by atoms with Crippen LogP contribution < -0.4 is 20.1 Å². The molecule has 0 unspecified atom stereocenters. The maximum absolute atomic E-state index is 13.6. The van der Waals surface area contributed by atoms with Crippen molar-refractivity contribution in [2.75, 3.05) is 13.2 Å². The molecule has 194 valence electrons. The number of rotatable bonds is 9. The molecule has 0 radical (unpaired) electrons. The van der Waals surface area contributed by atoms with E-state index in [4.69, 9.17) is 21.1 Å². The van der Waals surface area contributed by atoms with Gasteiger partial charge in [0, 0.05) is 11.6 Å². The number of aryl methyl sites for hydroxylation is 2. The monoisotopic (exact) mass is 518 g/mol. The first-order chi connectivity index (χ1) is 17.1. The molecule has 0 spiro atoms. The van der Waals surface area contributed by atoms with E-state index < -0.39 is 23.0 Å². The molecule has 5 rings (SSSR count). The van der Waals surface area contributed by atoms with Crippen molar-refractivity contribution in [1.29, 1.82) is 0 Å². The highest BCUT2D eigenvalue weighted by atomic mass is 35.5. The van der Waals surface area contributed by atoms with Crippen molar-refractivity contribution in [2.45, 2.75) is 69.6 Å². The first-order valence-corrected chi connectivity index (χ1v) is 12.6. The molecule has 1 atom stereocenters. The average molecular weight is 519 g/mol. The Kier molecular flexibility index (Phi) is 7.76. The molecule has 2 aromatic rings. The van der Waals surface area contributed by atoms with Gasteiger partial charge in [-0.25, -0.2) is 4.39 Å². The molecule has 2 aromatic carbocycles. The summed E-state index contributed by atoms with van der Waals surface area (Å²) in [6, 6.07) is 9.89. The Bertz CT molecular complexity index is 1130. The van der Waals surface area contributed by atoms with E-state index in [1.165, 1.54) is 12.1 Å². The molecule has 0 saturated heterocycles. The van der Waals surface area contributed by atoms with Gasteiger partial charge >= 0.3 is 0 Å². The van der Waals surface area contributed by atoms with Gasteiger partial charge in [0.2, 0.25) is 0 Å². The maximum Gasteiger partial charge on any atom is 0.258 e. The van der Waals surface area contributed by atoms with Crippen LogP contribution in [0.5, 0.6) is 11.5 Å². The molecule has 2 bridgehead atoms. The van der Waals surface area contributed by atoms with Crippen LogP contribution in [0.25, 0.3) is 0 Å². The Hall–Kier alpha value is -2.84. The highest BCUT2D eigenvalue weighted by molar-refractivity contribution is 6.30. The van der Waals surface area contributed by atoms with Gasteiger partial charge in [0.25, 0.3) is 11.8 Å². The van der Waals surface area contributed by atoms with Crippen molar-refractivity contribution in [3.05, 3.63) is 58.4 Å². The standard InChI is InChI=1S/C27H32ClFN2O5/c1-3-18-10-17(2)11-20(12-18)36-16-25(34)31-27-8-6-26(7-9-27,14-23(27)32)30-24(33)15-35-19-4-5-21(28)22(29)13-19/h4-5,10-13,23,32H,3,6-9,14-16H2,1-2H3,(H,30,33)(H,31,34)/t23-,26?,27?/m1/s1. The Balaban J connectivity index is 1.28. The van der Waals surface area contributed by atoms with Gasteiger partial charge in [0.1, 0.15) is 17.3 Å². The number of halogens is 2. The molecule has 2 amide bonds. The molecular formula is C27H32ClFN2O5. The van der Waals surface area contributed by atoms with Crippen molar-refractivity contribution in [2.24, 2.45) is 0 Å². The fraction of sp³-hybridized carbons (Fsp3) is 0.481. The largest absolute Gasteiger partial charge is 0.484 e. The summed E-state index contributed by atoms with van der Waals surface area (Å²) in [5.41, 5.74) is 0.919. The van der Waals surface area contributed by atoms with Crippen LogP contribution in [0.4, 0.5) is 4.39 Å². The van der Waals surface area contributed by atoms with Gasteiger partial charge in [-0.2, -0.15) is 0 Å². The fourth-order valence-electron chi connectivity index (χ4n) is 5.28. The lowest BCUT2D eigenvalue weighted by Gasteiger charge is -2.56. The van der Waals surface area contributed by atoms with Gasteiger partial charge in [-0.15, -0.1) is 0 Å². The van der Waals surface area contributed by atoms with Gasteiger partial charge in [0.15, 0.2) is 13.2 Å². The molecule has 3 aliphatic carbocycles. The molecule has 9 heteroatoms. The number of ether oxygens (including phenoxy) is 2. The number of benzene rings is 2. The lowest BCUT2D eigenvalue weighted by molar-refractivity contribution is -0.137. The smallest absolute Gasteiger partial charge is 0.258 e. The normalized spacial score (nSPS) is 24.8. The van der Waals surface area contributed by atoms with Crippen LogP contribution in [-0.2, 0) is 16.0 Å². The van der Waals surface area contributed by atoms with Gasteiger partial charge < -0.3 is 25.2 Å². The minimum atomic E-state index is -0.804. The first kappa shape index (κ1) is 26.2. The molecule has 0 aliphatic heterocycles. The number of hydrogen-bond donors (Lipinski definition) is 3. The Labute approximate surface area is 215 Å². The van der Waals surface area contributed by atoms with Crippen molar-refractivity contribution >= 4 is 23.4 Å². The fourth-order valence-corrected chi connectivity index (χ4v) is 5.40. The molecule has 3 aliphatic rings. The van der Waals surface area contributed by atoms with E-state index in [0.717, 1.165) is 23.6 Å². The first-order valence-electron chi connectivity index (χ1n) is 12.2. The molecular weight excluding hydrogens is 487 g/mol. The van der Waals surface area contributed by atoms with Crippen LogP contribution in [0.1, 0.15) is 50.2 Å². The van der Waals surface area contributed by atoms with Crippen LogP contribution in [0.15, 0.2) is 36.4 Å². The van der Waals surface area contributed by atoms with Crippen LogP contribution in [0.3, 0.4) is 0 Å². The molecule has 3 N–H and O–H groups in total. The zero-order valence-corrected chi connectivity index (χ0v) is 21.3. The number of fused-ring (bicyclic) bond motifs is 3. The maximum atomic E-state index is 13.6. The summed E-state index contributed by atoms with van der Waals surface area (Å²) in [6.07, 6.45) is 2.70. The van der Waals surface area contributed by atoms with Crippen LogP contribution in [0.2, 0.25) is 5.02 Å². The zero-order chi connectivity index (χ0) is 25.9. The summed E-state index contributed by atoms with van der Waals surface area (Å²) in [4.78, 5) is 25.3. The van der Waals surface area contributed by atoms with E-state index in [1.54, 1.807) is 0 Å². The Morgan fingerprint density at radius 2 is 1.69 bits per heavy atom. The van der Waals surface area contributed by atoms with Gasteiger partial charge in [-0.3, -0.25) is 9.59 Å². The van der Waals surface area contributed by atoms with E-state index >= 15 is 0 Å². The Morgan fingerprint density at radius 3 is 2.33 bits per heavy atom. The summed E-state index contributed by atoms with van der Waals surface area (Å²) in [5.74, 6) is -0.399. The van der Waals surface area contributed by atoms with E-state index in [0.29, 0.717) is 37.9 Å². The molecule has 0 aromatic heterocycles. The van der Waals surface area contributed by atoms with E-state index in [9.17, 15) is 19.1 Å². The predicted molar refractivity (Wildman–Crippen MR) is 134 cm³/mol. The van der Waals surface area contributed by atoms with Crippen molar-refractivity contribution < 1.29 is 28.6 Å².